The van der Waals surface area contributed by atoms with Crippen LogP contribution in [0, 0.1) is 0 Å². The van der Waals surface area contributed by atoms with Crippen molar-refractivity contribution in [2.45, 2.75) is 361 Å². The second-order valence-corrected chi connectivity index (χ2v) is 23.1. The number of rotatable bonds is 63. The van der Waals surface area contributed by atoms with Gasteiger partial charge in [0.15, 0.2) is 6.10 Å². The van der Waals surface area contributed by atoms with Crippen molar-refractivity contribution in [1.82, 2.24) is 0 Å². The first-order valence-electron chi connectivity index (χ1n) is 34.4. The quantitative estimate of drug-likeness (QED) is 0.0261. The highest BCUT2D eigenvalue weighted by Gasteiger charge is 2.19. The molecular formula is C73H130O6. The number of carbonyl (C=O) groups excluding carboxylic acids is 3. The second-order valence-electron chi connectivity index (χ2n) is 23.1. The third-order valence-electron chi connectivity index (χ3n) is 15.2. The Morgan fingerprint density at radius 3 is 0.734 bits per heavy atom. The van der Waals surface area contributed by atoms with Crippen LogP contribution in [0.5, 0.6) is 0 Å². The molecule has 0 aromatic heterocycles. The summed E-state index contributed by atoms with van der Waals surface area (Å²) in [5.41, 5.74) is 0. The van der Waals surface area contributed by atoms with Crippen LogP contribution in [-0.4, -0.2) is 37.2 Å². The normalized spacial score (nSPS) is 12.5. The van der Waals surface area contributed by atoms with E-state index in [1.807, 2.05) is 0 Å². The minimum Gasteiger partial charge on any atom is -0.462 e. The number of unbranched alkanes of at least 4 members (excludes halogenated alkanes) is 40. The fraction of sp³-hybridized carbons (Fsp3) is 0.795. The van der Waals surface area contributed by atoms with Crippen molar-refractivity contribution < 1.29 is 28.6 Å². The fourth-order valence-electron chi connectivity index (χ4n) is 9.99. The summed E-state index contributed by atoms with van der Waals surface area (Å²) in [6.07, 6.45) is 87.7. The van der Waals surface area contributed by atoms with Crippen molar-refractivity contribution >= 4 is 17.9 Å². The van der Waals surface area contributed by atoms with E-state index in [2.05, 4.69) is 93.7 Å². The van der Waals surface area contributed by atoms with Gasteiger partial charge in [-0.15, -0.1) is 0 Å². The van der Waals surface area contributed by atoms with E-state index in [9.17, 15) is 14.4 Å². The molecule has 1 atom stereocenters. The molecule has 0 aromatic carbocycles. The summed E-state index contributed by atoms with van der Waals surface area (Å²) in [6.45, 7) is 6.62. The van der Waals surface area contributed by atoms with Gasteiger partial charge in [-0.1, -0.05) is 312 Å². The summed E-state index contributed by atoms with van der Waals surface area (Å²) < 4.78 is 17.0. The van der Waals surface area contributed by atoms with Crippen molar-refractivity contribution in [3.05, 3.63) is 72.9 Å². The maximum Gasteiger partial charge on any atom is 0.306 e. The standard InChI is InChI=1S/C73H130O6/c1-4-7-10-13-16-19-22-25-28-31-34-35-36-37-40-42-45-48-51-54-57-60-63-66-72(75)78-69-70(79-73(76)67-64-61-58-55-52-49-46-43-39-33-30-27-24-21-18-15-12-9-6-3)68-77-71(74)65-62-59-56-53-50-47-44-41-38-32-29-26-23-20-17-14-11-8-5-2/h17-18,20-21,26-27,29-30,38-39,41,43,70H,4-16,19,22-25,28,31-37,40,42,44-69H2,1-3H3/b20-17-,21-18-,29-26-,30-27-,41-38-,43-39-. The molecule has 0 saturated heterocycles. The Hall–Kier alpha value is -3.15. The van der Waals surface area contributed by atoms with E-state index in [4.69, 9.17) is 14.2 Å². The number of ether oxygens (including phenoxy) is 3. The van der Waals surface area contributed by atoms with Gasteiger partial charge in [0.05, 0.1) is 0 Å². The SMILES string of the molecule is CCCCC/C=C\C/C=C\C/C=C\CCCCCCCCC(=O)OCC(COC(=O)CCCCCCCCCCCCCCCCCCCCCCCCC)OC(=O)CCCCCCCC/C=C\C/C=C\C/C=C\CCCCC. The minimum atomic E-state index is -0.789. The van der Waals surface area contributed by atoms with Gasteiger partial charge in [0.25, 0.3) is 0 Å². The summed E-state index contributed by atoms with van der Waals surface area (Å²) in [7, 11) is 0. The van der Waals surface area contributed by atoms with Crippen LogP contribution in [0.25, 0.3) is 0 Å². The predicted octanol–water partition coefficient (Wildman–Crippen LogP) is 23.7. The highest BCUT2D eigenvalue weighted by Crippen LogP contribution is 2.17. The van der Waals surface area contributed by atoms with Crippen LogP contribution >= 0.6 is 0 Å². The highest BCUT2D eigenvalue weighted by molar-refractivity contribution is 5.71. The summed E-state index contributed by atoms with van der Waals surface area (Å²) in [6, 6.07) is 0. The molecular weight excluding hydrogens is 973 g/mol. The van der Waals surface area contributed by atoms with Crippen LogP contribution in [0.3, 0.4) is 0 Å². The topological polar surface area (TPSA) is 78.9 Å². The maximum atomic E-state index is 12.9. The van der Waals surface area contributed by atoms with Gasteiger partial charge in [-0.2, -0.15) is 0 Å². The zero-order valence-electron chi connectivity index (χ0n) is 52.6. The van der Waals surface area contributed by atoms with Gasteiger partial charge in [0.1, 0.15) is 13.2 Å². The number of hydrogen-bond acceptors (Lipinski definition) is 6. The average Bonchev–Trinajstić information content (AvgIpc) is 3.45. The molecule has 0 aliphatic rings. The van der Waals surface area contributed by atoms with Gasteiger partial charge in [-0.3, -0.25) is 14.4 Å². The number of allylic oxidation sites excluding steroid dienone is 12. The zero-order valence-corrected chi connectivity index (χ0v) is 52.6. The Morgan fingerprint density at radius 1 is 0.253 bits per heavy atom. The first-order chi connectivity index (χ1) is 39.0. The molecule has 0 aromatic rings. The Balaban J connectivity index is 4.37. The third-order valence-corrected chi connectivity index (χ3v) is 15.2. The molecule has 0 N–H and O–H groups in total. The monoisotopic (exact) mass is 1100 g/mol. The van der Waals surface area contributed by atoms with Crippen molar-refractivity contribution in [3.63, 3.8) is 0 Å². The zero-order chi connectivity index (χ0) is 57.1. The van der Waals surface area contributed by atoms with Gasteiger partial charge >= 0.3 is 17.9 Å². The predicted molar refractivity (Wildman–Crippen MR) is 344 cm³/mol. The van der Waals surface area contributed by atoms with Gasteiger partial charge in [-0.25, -0.2) is 0 Å². The van der Waals surface area contributed by atoms with Gasteiger partial charge in [0, 0.05) is 19.3 Å². The molecule has 79 heavy (non-hydrogen) atoms. The third kappa shape index (κ3) is 65.5. The van der Waals surface area contributed by atoms with E-state index < -0.39 is 6.10 Å². The molecule has 0 fully saturated rings. The molecule has 458 valence electrons. The molecule has 0 aliphatic carbocycles. The Labute approximate surface area is 491 Å². The summed E-state index contributed by atoms with van der Waals surface area (Å²) in [5, 5.41) is 0. The summed E-state index contributed by atoms with van der Waals surface area (Å²) in [4.78, 5) is 38.4. The molecule has 6 heteroatoms. The molecule has 0 amide bonds. The lowest BCUT2D eigenvalue weighted by Crippen LogP contribution is -2.30. The Morgan fingerprint density at radius 2 is 0.456 bits per heavy atom. The molecule has 0 bridgehead atoms. The highest BCUT2D eigenvalue weighted by atomic mass is 16.6. The lowest BCUT2D eigenvalue weighted by atomic mass is 10.0. The molecule has 0 radical (unpaired) electrons. The van der Waals surface area contributed by atoms with Crippen LogP contribution in [0.2, 0.25) is 0 Å². The minimum absolute atomic E-state index is 0.0821. The number of carbonyl (C=O) groups is 3. The van der Waals surface area contributed by atoms with Crippen molar-refractivity contribution in [2.75, 3.05) is 13.2 Å². The lowest BCUT2D eigenvalue weighted by Gasteiger charge is -2.18. The Bertz CT molecular complexity index is 1450. The molecule has 0 aliphatic heterocycles. The van der Waals surface area contributed by atoms with Crippen LogP contribution in [0.4, 0.5) is 0 Å². The Kier molecular flexibility index (Phi) is 64.7. The number of esters is 3. The van der Waals surface area contributed by atoms with E-state index in [0.29, 0.717) is 19.3 Å². The first-order valence-corrected chi connectivity index (χ1v) is 34.4. The molecule has 0 saturated carbocycles. The van der Waals surface area contributed by atoms with Crippen molar-refractivity contribution in [1.29, 1.82) is 0 Å². The van der Waals surface area contributed by atoms with Crippen molar-refractivity contribution in [3.8, 4) is 0 Å². The van der Waals surface area contributed by atoms with E-state index in [1.165, 1.54) is 212 Å². The maximum absolute atomic E-state index is 12.9. The van der Waals surface area contributed by atoms with Crippen molar-refractivity contribution in [2.24, 2.45) is 0 Å². The molecule has 0 spiro atoms. The van der Waals surface area contributed by atoms with Crippen LogP contribution < -0.4 is 0 Å². The van der Waals surface area contributed by atoms with E-state index >= 15 is 0 Å². The summed E-state index contributed by atoms with van der Waals surface area (Å²) in [5.74, 6) is -0.888. The lowest BCUT2D eigenvalue weighted by molar-refractivity contribution is -0.167. The van der Waals surface area contributed by atoms with Crippen LogP contribution in [0.1, 0.15) is 355 Å². The fourth-order valence-corrected chi connectivity index (χ4v) is 9.99. The largest absolute Gasteiger partial charge is 0.462 e. The van der Waals surface area contributed by atoms with E-state index in [1.54, 1.807) is 0 Å². The summed E-state index contributed by atoms with van der Waals surface area (Å²) >= 11 is 0. The average molecular weight is 1100 g/mol. The molecule has 0 rings (SSSR count). The first kappa shape index (κ1) is 75.8. The number of hydrogen-bond donors (Lipinski definition) is 0. The molecule has 6 nitrogen and oxygen atoms in total. The van der Waals surface area contributed by atoms with E-state index in [-0.39, 0.29) is 31.1 Å². The van der Waals surface area contributed by atoms with Gasteiger partial charge in [0.2, 0.25) is 0 Å². The van der Waals surface area contributed by atoms with Gasteiger partial charge in [-0.05, 0) is 96.3 Å². The van der Waals surface area contributed by atoms with Gasteiger partial charge < -0.3 is 14.2 Å². The second kappa shape index (κ2) is 67.4. The molecule has 1 unspecified atom stereocenters. The van der Waals surface area contributed by atoms with E-state index in [0.717, 1.165) is 103 Å². The smallest absolute Gasteiger partial charge is 0.306 e. The van der Waals surface area contributed by atoms with Crippen LogP contribution in [-0.2, 0) is 28.6 Å². The van der Waals surface area contributed by atoms with Crippen LogP contribution in [0.15, 0.2) is 72.9 Å². The molecule has 0 heterocycles.